The zero-order valence-corrected chi connectivity index (χ0v) is 5.47. The second-order valence-electron chi connectivity index (χ2n) is 1.99. The van der Waals surface area contributed by atoms with Gasteiger partial charge < -0.3 is 5.11 Å². The summed E-state index contributed by atoms with van der Waals surface area (Å²) < 4.78 is 0. The third kappa shape index (κ3) is 0.861. The Morgan fingerprint density at radius 3 is 3.00 bits per heavy atom. The molecule has 0 aliphatic rings. The minimum absolute atomic E-state index is 0.0254. The Morgan fingerprint density at radius 2 is 2.18 bits per heavy atom. The number of aromatic hydroxyl groups is 1. The van der Waals surface area contributed by atoms with E-state index in [1.54, 1.807) is 0 Å². The van der Waals surface area contributed by atoms with Crippen LogP contribution < -0.4 is 0 Å². The highest BCUT2D eigenvalue weighted by molar-refractivity contribution is 5.77. The SMILES string of the molecule is Oc1cnnc2cncnc12. The molecule has 0 spiro atoms. The second-order valence-corrected chi connectivity index (χ2v) is 1.99. The van der Waals surface area contributed by atoms with E-state index in [9.17, 15) is 5.11 Å². The molecule has 0 saturated carbocycles. The van der Waals surface area contributed by atoms with Crippen molar-refractivity contribution in [3.63, 3.8) is 0 Å². The van der Waals surface area contributed by atoms with Crippen molar-refractivity contribution in [1.29, 1.82) is 0 Å². The van der Waals surface area contributed by atoms with Crippen LogP contribution in [-0.4, -0.2) is 25.3 Å². The predicted molar refractivity (Wildman–Crippen MR) is 36.8 cm³/mol. The maximum atomic E-state index is 9.18. The van der Waals surface area contributed by atoms with Gasteiger partial charge in [-0.05, 0) is 0 Å². The Labute approximate surface area is 61.8 Å². The summed E-state index contributed by atoms with van der Waals surface area (Å²) in [7, 11) is 0. The smallest absolute Gasteiger partial charge is 0.163 e. The molecule has 0 amide bonds. The Balaban J connectivity index is 2.91. The van der Waals surface area contributed by atoms with Gasteiger partial charge in [-0.2, -0.15) is 5.10 Å². The first kappa shape index (κ1) is 5.96. The van der Waals surface area contributed by atoms with E-state index in [1.165, 1.54) is 18.7 Å². The third-order valence-electron chi connectivity index (χ3n) is 1.28. The molecule has 1 N–H and O–H groups in total. The van der Waals surface area contributed by atoms with Crippen LogP contribution in [0.15, 0.2) is 18.7 Å². The van der Waals surface area contributed by atoms with Crippen molar-refractivity contribution in [2.75, 3.05) is 0 Å². The molecule has 0 aliphatic carbocycles. The lowest BCUT2D eigenvalue weighted by Crippen LogP contribution is -1.87. The van der Waals surface area contributed by atoms with Crippen molar-refractivity contribution in [3.05, 3.63) is 18.7 Å². The molecule has 11 heavy (non-hydrogen) atoms. The summed E-state index contributed by atoms with van der Waals surface area (Å²) in [6.07, 6.45) is 4.09. The van der Waals surface area contributed by atoms with E-state index >= 15 is 0 Å². The molecule has 0 unspecified atom stereocenters. The van der Waals surface area contributed by atoms with Crippen LogP contribution in [0.4, 0.5) is 0 Å². The molecule has 0 bridgehead atoms. The van der Waals surface area contributed by atoms with Crippen LogP contribution in [0.25, 0.3) is 11.0 Å². The molecule has 2 rings (SSSR count). The zero-order chi connectivity index (χ0) is 7.68. The second kappa shape index (κ2) is 2.12. The maximum absolute atomic E-state index is 9.18. The number of nitrogens with zero attached hydrogens (tertiary/aromatic N) is 4. The van der Waals surface area contributed by atoms with E-state index in [1.807, 2.05) is 0 Å². The average Bonchev–Trinajstić information content (AvgIpc) is 2.06. The van der Waals surface area contributed by atoms with Crippen LogP contribution in [0.5, 0.6) is 5.75 Å². The maximum Gasteiger partial charge on any atom is 0.163 e. The largest absolute Gasteiger partial charge is 0.504 e. The van der Waals surface area contributed by atoms with E-state index in [0.29, 0.717) is 11.0 Å². The first-order chi connectivity index (χ1) is 5.38. The normalized spacial score (nSPS) is 10.2. The molecule has 0 radical (unpaired) electrons. The number of rotatable bonds is 0. The van der Waals surface area contributed by atoms with Crippen LogP contribution in [0, 0.1) is 0 Å². The summed E-state index contributed by atoms with van der Waals surface area (Å²) in [5.41, 5.74) is 0.919. The van der Waals surface area contributed by atoms with E-state index in [2.05, 4.69) is 20.2 Å². The van der Waals surface area contributed by atoms with Crippen molar-refractivity contribution < 1.29 is 5.11 Å². The fourth-order valence-corrected chi connectivity index (χ4v) is 0.800. The quantitative estimate of drug-likeness (QED) is 0.574. The highest BCUT2D eigenvalue weighted by Crippen LogP contribution is 2.15. The van der Waals surface area contributed by atoms with Crippen LogP contribution in [0.3, 0.4) is 0 Å². The molecule has 2 heterocycles. The standard InChI is InChI=1S/C6H4N4O/c11-5-2-9-10-4-1-7-3-8-6(4)5/h1-3H,(H,10,11). The molecule has 0 aliphatic heterocycles. The van der Waals surface area contributed by atoms with Crippen molar-refractivity contribution in [1.82, 2.24) is 20.2 Å². The van der Waals surface area contributed by atoms with Crippen molar-refractivity contribution in [2.45, 2.75) is 0 Å². The van der Waals surface area contributed by atoms with Gasteiger partial charge in [0.05, 0.1) is 12.4 Å². The summed E-state index contributed by atoms with van der Waals surface area (Å²) in [4.78, 5) is 7.55. The van der Waals surface area contributed by atoms with Gasteiger partial charge in [-0.1, -0.05) is 0 Å². The van der Waals surface area contributed by atoms with E-state index in [-0.39, 0.29) is 5.75 Å². The van der Waals surface area contributed by atoms with Gasteiger partial charge in [-0.25, -0.2) is 9.97 Å². The van der Waals surface area contributed by atoms with E-state index in [4.69, 9.17) is 0 Å². The van der Waals surface area contributed by atoms with E-state index < -0.39 is 0 Å². The number of aromatic nitrogens is 4. The molecule has 5 heteroatoms. The Morgan fingerprint density at radius 1 is 1.27 bits per heavy atom. The lowest BCUT2D eigenvalue weighted by molar-refractivity contribution is 0.476. The summed E-state index contributed by atoms with van der Waals surface area (Å²) in [6.45, 7) is 0. The highest BCUT2D eigenvalue weighted by Gasteiger charge is 1.99. The fraction of sp³-hybridized carbons (Fsp3) is 0. The van der Waals surface area contributed by atoms with Crippen LogP contribution in [-0.2, 0) is 0 Å². The van der Waals surface area contributed by atoms with Gasteiger partial charge in [-0.3, -0.25) is 0 Å². The molecular weight excluding hydrogens is 144 g/mol. The molecular formula is C6H4N4O. The highest BCUT2D eigenvalue weighted by atomic mass is 16.3. The summed E-state index contributed by atoms with van der Waals surface area (Å²) in [6, 6.07) is 0. The number of fused-ring (bicyclic) bond motifs is 1. The molecule has 0 aromatic carbocycles. The average molecular weight is 148 g/mol. The van der Waals surface area contributed by atoms with Crippen molar-refractivity contribution in [3.8, 4) is 5.75 Å². The lowest BCUT2D eigenvalue weighted by atomic mass is 10.4. The Bertz CT molecular complexity index is 384. The lowest BCUT2D eigenvalue weighted by Gasteiger charge is -1.93. The van der Waals surface area contributed by atoms with Crippen LogP contribution >= 0.6 is 0 Å². The monoisotopic (exact) mass is 148 g/mol. The number of hydrogen-bond acceptors (Lipinski definition) is 5. The van der Waals surface area contributed by atoms with Gasteiger partial charge >= 0.3 is 0 Å². The van der Waals surface area contributed by atoms with Gasteiger partial charge in [0, 0.05) is 0 Å². The van der Waals surface area contributed by atoms with Gasteiger partial charge in [-0.15, -0.1) is 5.10 Å². The van der Waals surface area contributed by atoms with Gasteiger partial charge in [0.2, 0.25) is 0 Å². The Hall–Kier alpha value is -1.78. The molecule has 2 aromatic heterocycles. The summed E-state index contributed by atoms with van der Waals surface area (Å²) >= 11 is 0. The molecule has 5 nitrogen and oxygen atoms in total. The van der Waals surface area contributed by atoms with Crippen molar-refractivity contribution in [2.24, 2.45) is 0 Å². The van der Waals surface area contributed by atoms with Crippen LogP contribution in [0.2, 0.25) is 0 Å². The molecule has 0 fully saturated rings. The molecule has 0 atom stereocenters. The molecule has 54 valence electrons. The minimum atomic E-state index is 0.0254. The first-order valence-electron chi connectivity index (χ1n) is 2.98. The molecule has 0 saturated heterocycles. The van der Waals surface area contributed by atoms with Crippen molar-refractivity contribution >= 4 is 11.0 Å². The number of hydrogen-bond donors (Lipinski definition) is 1. The topological polar surface area (TPSA) is 71.8 Å². The first-order valence-corrected chi connectivity index (χ1v) is 2.98. The summed E-state index contributed by atoms with van der Waals surface area (Å²) in [5, 5.41) is 16.4. The molecule has 2 aromatic rings. The third-order valence-corrected chi connectivity index (χ3v) is 1.28. The summed E-state index contributed by atoms with van der Waals surface area (Å²) in [5.74, 6) is 0.0254. The van der Waals surface area contributed by atoms with Gasteiger partial charge in [0.1, 0.15) is 17.4 Å². The van der Waals surface area contributed by atoms with Crippen LogP contribution in [0.1, 0.15) is 0 Å². The van der Waals surface area contributed by atoms with E-state index in [0.717, 1.165) is 0 Å². The fourth-order valence-electron chi connectivity index (χ4n) is 0.800. The zero-order valence-electron chi connectivity index (χ0n) is 5.47. The predicted octanol–water partition coefficient (Wildman–Crippen LogP) is 0.125. The van der Waals surface area contributed by atoms with Gasteiger partial charge in [0.25, 0.3) is 0 Å². The van der Waals surface area contributed by atoms with Gasteiger partial charge in [0.15, 0.2) is 5.75 Å². The Kier molecular flexibility index (Phi) is 1.15. The minimum Gasteiger partial charge on any atom is -0.504 e.